The van der Waals surface area contributed by atoms with Crippen LogP contribution in [0.2, 0.25) is 0 Å². The fourth-order valence-electron chi connectivity index (χ4n) is 3.22. The van der Waals surface area contributed by atoms with Crippen molar-refractivity contribution in [2.24, 2.45) is 5.92 Å². The number of nitrogens with zero attached hydrogens (tertiary/aromatic N) is 2. The van der Waals surface area contributed by atoms with Crippen molar-refractivity contribution in [1.82, 2.24) is 9.21 Å². The van der Waals surface area contributed by atoms with Crippen LogP contribution >= 0.6 is 0 Å². The zero-order chi connectivity index (χ0) is 17.7. The highest BCUT2D eigenvalue weighted by molar-refractivity contribution is 7.88. The second kappa shape index (κ2) is 8.12. The molecule has 0 atom stereocenters. The van der Waals surface area contributed by atoms with Crippen LogP contribution in [0.5, 0.6) is 0 Å². The molecule has 0 radical (unpaired) electrons. The van der Waals surface area contributed by atoms with Crippen LogP contribution in [0, 0.1) is 5.92 Å². The number of benzene rings is 1. The molecule has 1 aliphatic rings. The molecule has 1 heterocycles. The van der Waals surface area contributed by atoms with E-state index in [1.54, 1.807) is 9.21 Å². The highest BCUT2D eigenvalue weighted by Crippen LogP contribution is 2.23. The lowest BCUT2D eigenvalue weighted by Crippen LogP contribution is -2.38. The smallest absolute Gasteiger partial charge is 0.253 e. The van der Waals surface area contributed by atoms with E-state index >= 15 is 0 Å². The first-order chi connectivity index (χ1) is 11.3. The zero-order valence-electron chi connectivity index (χ0n) is 14.9. The molecule has 5 nitrogen and oxygen atoms in total. The Balaban J connectivity index is 1.90. The Hall–Kier alpha value is -1.40. The van der Waals surface area contributed by atoms with Gasteiger partial charge in [-0.2, -0.15) is 0 Å². The number of sulfonamides is 1. The van der Waals surface area contributed by atoms with Gasteiger partial charge in [0.25, 0.3) is 5.91 Å². The summed E-state index contributed by atoms with van der Waals surface area (Å²) in [5.74, 6) is 0.567. The third kappa shape index (κ3) is 5.05. The quantitative estimate of drug-likeness (QED) is 0.790. The average molecular weight is 353 g/mol. The number of piperidine rings is 1. The molecule has 0 N–H and O–H groups in total. The van der Waals surface area contributed by atoms with Gasteiger partial charge in [0.15, 0.2) is 0 Å². The molecule has 1 fully saturated rings. The van der Waals surface area contributed by atoms with Crippen molar-refractivity contribution in [3.05, 3.63) is 35.4 Å². The van der Waals surface area contributed by atoms with Crippen LogP contribution < -0.4 is 0 Å². The Morgan fingerprint density at radius 2 is 1.79 bits per heavy atom. The molecule has 0 saturated carbocycles. The summed E-state index contributed by atoms with van der Waals surface area (Å²) in [5.41, 5.74) is 1.93. The third-order valence-electron chi connectivity index (χ3n) is 4.67. The van der Waals surface area contributed by atoms with Crippen molar-refractivity contribution in [3.8, 4) is 0 Å². The van der Waals surface area contributed by atoms with E-state index in [2.05, 4.69) is 6.92 Å². The Morgan fingerprint density at radius 3 is 2.29 bits per heavy atom. The lowest BCUT2D eigenvalue weighted by molar-refractivity contribution is 0.0795. The van der Waals surface area contributed by atoms with Crippen LogP contribution in [0.4, 0.5) is 0 Å². The molecule has 1 aromatic carbocycles. The molecule has 6 heteroatoms. The first kappa shape index (κ1) is 18.9. The Labute approximate surface area is 145 Å². The Morgan fingerprint density at radius 1 is 1.21 bits per heavy atom. The third-order valence-corrected chi connectivity index (χ3v) is 5.98. The number of carbonyl (C=O) groups excluding carboxylic acids is 1. The molecule has 0 spiro atoms. The minimum absolute atomic E-state index is 0.0601. The summed E-state index contributed by atoms with van der Waals surface area (Å²) in [6.45, 7) is 4.05. The largest absolute Gasteiger partial charge is 0.342 e. The Bertz CT molecular complexity index is 647. The van der Waals surface area contributed by atoms with Crippen molar-refractivity contribution >= 4 is 15.9 Å². The van der Waals surface area contributed by atoms with E-state index < -0.39 is 10.0 Å². The zero-order valence-corrected chi connectivity index (χ0v) is 15.7. The second-order valence-corrected chi connectivity index (χ2v) is 8.72. The van der Waals surface area contributed by atoms with Crippen molar-refractivity contribution in [1.29, 1.82) is 0 Å². The molecule has 2 rings (SSSR count). The maximum absolute atomic E-state index is 12.2. The van der Waals surface area contributed by atoms with E-state index in [1.807, 2.05) is 31.3 Å². The first-order valence-electron chi connectivity index (χ1n) is 8.60. The topological polar surface area (TPSA) is 57.7 Å². The molecule has 0 aromatic heterocycles. The number of rotatable bonds is 6. The minimum Gasteiger partial charge on any atom is -0.342 e. The summed E-state index contributed by atoms with van der Waals surface area (Å²) in [5, 5.41) is 0. The molecular weight excluding hydrogens is 324 g/mol. The van der Waals surface area contributed by atoms with Gasteiger partial charge in [0.2, 0.25) is 10.0 Å². The number of carbonyl (C=O) groups is 1. The minimum atomic E-state index is -3.06. The summed E-state index contributed by atoms with van der Waals surface area (Å²) in [4.78, 5) is 14.0. The molecular formula is C18H28N2O3S. The number of hydrogen-bond acceptors (Lipinski definition) is 3. The van der Waals surface area contributed by atoms with Gasteiger partial charge in [-0.05, 0) is 49.3 Å². The number of amides is 1. The van der Waals surface area contributed by atoms with Gasteiger partial charge < -0.3 is 4.90 Å². The van der Waals surface area contributed by atoms with Gasteiger partial charge in [0.05, 0.1) is 6.26 Å². The van der Waals surface area contributed by atoms with E-state index in [1.165, 1.54) is 11.8 Å². The van der Waals surface area contributed by atoms with Crippen molar-refractivity contribution < 1.29 is 13.2 Å². The number of hydrogen-bond donors (Lipinski definition) is 0. The molecule has 0 aliphatic carbocycles. The normalized spacial score (nSPS) is 17.0. The summed E-state index contributed by atoms with van der Waals surface area (Å²) < 4.78 is 24.7. The van der Waals surface area contributed by atoms with Crippen molar-refractivity contribution in [3.63, 3.8) is 0 Å². The van der Waals surface area contributed by atoms with Gasteiger partial charge in [-0.25, -0.2) is 12.7 Å². The van der Waals surface area contributed by atoms with Crippen molar-refractivity contribution in [2.45, 2.75) is 32.6 Å². The predicted octanol–water partition coefficient (Wildman–Crippen LogP) is 2.38. The standard InChI is InChI=1S/C18H28N2O3S/c1-4-11-19(2)18(21)17-7-5-15(6-8-17)14-16-9-12-20(13-10-16)24(3,22)23/h5-8,16H,4,9-14H2,1-3H3. The molecule has 1 aliphatic heterocycles. The molecule has 1 aromatic rings. The van der Waals surface area contributed by atoms with E-state index in [0.29, 0.717) is 19.0 Å². The van der Waals surface area contributed by atoms with E-state index in [0.717, 1.165) is 37.8 Å². The van der Waals surface area contributed by atoms with Gasteiger partial charge in [-0.1, -0.05) is 19.1 Å². The fourth-order valence-corrected chi connectivity index (χ4v) is 4.09. The maximum atomic E-state index is 12.2. The van der Waals surface area contributed by atoms with E-state index in [9.17, 15) is 13.2 Å². The lowest BCUT2D eigenvalue weighted by Gasteiger charge is -2.30. The van der Waals surface area contributed by atoms with E-state index in [-0.39, 0.29) is 5.91 Å². The summed E-state index contributed by atoms with van der Waals surface area (Å²) >= 11 is 0. The van der Waals surface area contributed by atoms with E-state index in [4.69, 9.17) is 0 Å². The van der Waals surface area contributed by atoms with Crippen LogP contribution in [-0.4, -0.2) is 56.5 Å². The van der Waals surface area contributed by atoms with Gasteiger partial charge in [-0.15, -0.1) is 0 Å². The average Bonchev–Trinajstić information content (AvgIpc) is 2.55. The van der Waals surface area contributed by atoms with Gasteiger partial charge in [-0.3, -0.25) is 4.79 Å². The van der Waals surface area contributed by atoms with Crippen LogP contribution in [-0.2, 0) is 16.4 Å². The SMILES string of the molecule is CCCN(C)C(=O)c1ccc(CC2CCN(S(C)(=O)=O)CC2)cc1. The van der Waals surface area contributed by atoms with Gasteiger partial charge in [0, 0.05) is 32.2 Å². The molecule has 1 saturated heterocycles. The predicted molar refractivity (Wildman–Crippen MR) is 96.5 cm³/mol. The highest BCUT2D eigenvalue weighted by atomic mass is 32.2. The second-order valence-electron chi connectivity index (χ2n) is 6.73. The highest BCUT2D eigenvalue weighted by Gasteiger charge is 2.24. The Kier molecular flexibility index (Phi) is 6.40. The van der Waals surface area contributed by atoms with Crippen molar-refractivity contribution in [2.75, 3.05) is 32.9 Å². The lowest BCUT2D eigenvalue weighted by atomic mass is 9.90. The summed E-state index contributed by atoms with van der Waals surface area (Å²) in [6.07, 6.45) is 4.96. The molecule has 0 unspecified atom stereocenters. The van der Waals surface area contributed by atoms with Crippen LogP contribution in [0.3, 0.4) is 0 Å². The summed E-state index contributed by atoms with van der Waals surface area (Å²) in [7, 11) is -1.23. The fraction of sp³-hybridized carbons (Fsp3) is 0.611. The first-order valence-corrected chi connectivity index (χ1v) is 10.5. The monoisotopic (exact) mass is 352 g/mol. The van der Waals surface area contributed by atoms with Crippen LogP contribution in [0.15, 0.2) is 24.3 Å². The summed E-state index contributed by atoms with van der Waals surface area (Å²) in [6, 6.07) is 7.84. The maximum Gasteiger partial charge on any atom is 0.253 e. The van der Waals surface area contributed by atoms with Crippen LogP contribution in [0.1, 0.15) is 42.1 Å². The molecule has 0 bridgehead atoms. The molecule has 1 amide bonds. The molecule has 24 heavy (non-hydrogen) atoms. The molecule has 134 valence electrons. The van der Waals surface area contributed by atoms with Gasteiger partial charge in [0.1, 0.15) is 0 Å². The van der Waals surface area contributed by atoms with Crippen LogP contribution in [0.25, 0.3) is 0 Å². The van der Waals surface area contributed by atoms with Gasteiger partial charge >= 0.3 is 0 Å².